The second kappa shape index (κ2) is 8.84. The van der Waals surface area contributed by atoms with Gasteiger partial charge in [0.1, 0.15) is 0 Å². The van der Waals surface area contributed by atoms with Crippen LogP contribution in [0.15, 0.2) is 30.5 Å². The number of aryl methyl sites for hydroxylation is 3. The fraction of sp³-hybridized carbons (Fsp3) is 0.364. The maximum atomic E-state index is 13.2. The maximum Gasteiger partial charge on any atom is 0.416 e. The Hall–Kier alpha value is -2.65. The van der Waals surface area contributed by atoms with Crippen molar-refractivity contribution in [2.45, 2.75) is 38.8 Å². The number of alkyl halides is 3. The summed E-state index contributed by atoms with van der Waals surface area (Å²) in [5, 5.41) is 4.32. The molecule has 9 heteroatoms. The molecule has 3 rings (SSSR count). The molecule has 0 fully saturated rings. The molecule has 2 aromatic heterocycles. The summed E-state index contributed by atoms with van der Waals surface area (Å²) < 4.78 is 41.3. The van der Waals surface area contributed by atoms with E-state index in [2.05, 4.69) is 5.10 Å². The topological polar surface area (TPSA) is 86.9 Å². The zero-order valence-electron chi connectivity index (χ0n) is 17.6. The molecule has 1 amide bonds. The number of nitrogens with zero attached hydrogens (tertiary/aromatic N) is 2. The number of nitrogens with two attached hydrogens (primary N) is 2. The summed E-state index contributed by atoms with van der Waals surface area (Å²) in [5.41, 5.74) is 14.9. The van der Waals surface area contributed by atoms with E-state index in [-0.39, 0.29) is 18.9 Å². The first kappa shape index (κ1) is 23.0. The van der Waals surface area contributed by atoms with E-state index in [0.717, 1.165) is 33.8 Å². The van der Waals surface area contributed by atoms with Gasteiger partial charge in [-0.15, -0.1) is 11.3 Å². The molecule has 0 aliphatic carbocycles. The van der Waals surface area contributed by atoms with Crippen molar-refractivity contribution in [3.05, 3.63) is 62.5 Å². The first-order valence-corrected chi connectivity index (χ1v) is 10.7. The molecule has 0 radical (unpaired) electrons. The number of halogens is 3. The molecule has 3 aromatic rings. The number of thiophene rings is 1. The van der Waals surface area contributed by atoms with E-state index >= 15 is 0 Å². The average Bonchev–Trinajstić information content (AvgIpc) is 3.25. The standard InChI is InChI=1S/C22H25F3N4OS/c1-4-16-18(19-12(2)11-28-29(19)3)17(20(31-16)21(27)30)14(10-26)8-13-6-5-7-15(9-13)22(23,24)25/h5-7,9,11,14H,4,8,10,26H2,1-3H3,(H2,27,30)/t14-/m1/s1. The zero-order chi connectivity index (χ0) is 22.9. The Labute approximate surface area is 182 Å². The van der Waals surface area contributed by atoms with Gasteiger partial charge in [-0.3, -0.25) is 9.48 Å². The monoisotopic (exact) mass is 450 g/mol. The third-order valence-corrected chi connectivity index (χ3v) is 6.72. The van der Waals surface area contributed by atoms with Crippen molar-refractivity contribution in [1.82, 2.24) is 9.78 Å². The maximum absolute atomic E-state index is 13.2. The molecule has 0 aliphatic rings. The summed E-state index contributed by atoms with van der Waals surface area (Å²) in [4.78, 5) is 13.7. The van der Waals surface area contributed by atoms with E-state index < -0.39 is 17.6 Å². The largest absolute Gasteiger partial charge is 0.416 e. The van der Waals surface area contributed by atoms with Gasteiger partial charge in [0.2, 0.25) is 0 Å². The number of carbonyl (C=O) groups excluding carboxylic acids is 1. The predicted octanol–water partition coefficient (Wildman–Crippen LogP) is 4.42. The summed E-state index contributed by atoms with van der Waals surface area (Å²) in [6, 6.07) is 5.20. The van der Waals surface area contributed by atoms with Crippen LogP contribution in [0.3, 0.4) is 0 Å². The molecule has 1 aromatic carbocycles. The third kappa shape index (κ3) is 4.52. The van der Waals surface area contributed by atoms with Crippen LogP contribution in [0.4, 0.5) is 13.2 Å². The van der Waals surface area contributed by atoms with Crippen LogP contribution in [-0.4, -0.2) is 22.2 Å². The van der Waals surface area contributed by atoms with Gasteiger partial charge < -0.3 is 11.5 Å². The molecule has 4 N–H and O–H groups in total. The van der Waals surface area contributed by atoms with Crippen molar-refractivity contribution >= 4 is 17.2 Å². The number of carbonyl (C=O) groups is 1. The lowest BCUT2D eigenvalue weighted by Crippen LogP contribution is -2.20. The fourth-order valence-corrected chi connectivity index (χ4v) is 5.12. The molecule has 0 saturated heterocycles. The average molecular weight is 451 g/mol. The highest BCUT2D eigenvalue weighted by Crippen LogP contribution is 2.43. The molecule has 1 atom stereocenters. The van der Waals surface area contributed by atoms with E-state index in [1.807, 2.05) is 20.9 Å². The molecule has 0 aliphatic heterocycles. The molecule has 0 spiro atoms. The minimum absolute atomic E-state index is 0.153. The van der Waals surface area contributed by atoms with Crippen LogP contribution < -0.4 is 11.5 Å². The van der Waals surface area contributed by atoms with Crippen molar-refractivity contribution in [1.29, 1.82) is 0 Å². The van der Waals surface area contributed by atoms with Gasteiger partial charge in [-0.25, -0.2) is 0 Å². The summed E-state index contributed by atoms with van der Waals surface area (Å²) >= 11 is 1.32. The van der Waals surface area contributed by atoms with Gasteiger partial charge >= 0.3 is 6.18 Å². The lowest BCUT2D eigenvalue weighted by atomic mass is 9.86. The number of benzene rings is 1. The quantitative estimate of drug-likeness (QED) is 0.559. The van der Waals surface area contributed by atoms with Crippen molar-refractivity contribution < 1.29 is 18.0 Å². The second-order valence-electron chi connectivity index (χ2n) is 7.50. The van der Waals surface area contributed by atoms with Crippen LogP contribution in [0.5, 0.6) is 0 Å². The molecule has 31 heavy (non-hydrogen) atoms. The van der Waals surface area contributed by atoms with Crippen LogP contribution in [-0.2, 0) is 26.1 Å². The normalized spacial score (nSPS) is 12.9. The molecular formula is C22H25F3N4OS. The van der Waals surface area contributed by atoms with Crippen molar-refractivity contribution in [2.24, 2.45) is 18.5 Å². The molecule has 0 unspecified atom stereocenters. The SMILES string of the molecule is CCc1sc(C(N)=O)c([C@@H](CN)Cc2cccc(C(F)(F)F)c2)c1-c1c(C)cnn1C. The van der Waals surface area contributed by atoms with Crippen molar-refractivity contribution in [2.75, 3.05) is 6.54 Å². The number of hydrogen-bond acceptors (Lipinski definition) is 4. The summed E-state index contributed by atoms with van der Waals surface area (Å²) in [6.07, 6.45) is -1.76. The van der Waals surface area contributed by atoms with E-state index in [0.29, 0.717) is 22.4 Å². The highest BCUT2D eigenvalue weighted by Gasteiger charge is 2.32. The number of amides is 1. The fourth-order valence-electron chi connectivity index (χ4n) is 3.94. The van der Waals surface area contributed by atoms with Crippen LogP contribution in [0.25, 0.3) is 11.3 Å². The number of aromatic nitrogens is 2. The van der Waals surface area contributed by atoms with Crippen molar-refractivity contribution in [3.63, 3.8) is 0 Å². The molecule has 0 bridgehead atoms. The Bertz CT molecular complexity index is 1080. The smallest absolute Gasteiger partial charge is 0.365 e. The highest BCUT2D eigenvalue weighted by atomic mass is 32.1. The first-order chi connectivity index (χ1) is 14.6. The van der Waals surface area contributed by atoms with Gasteiger partial charge in [0.05, 0.1) is 22.3 Å². The Balaban J connectivity index is 2.18. The zero-order valence-corrected chi connectivity index (χ0v) is 18.4. The Morgan fingerprint density at radius 1 is 1.32 bits per heavy atom. The minimum Gasteiger partial charge on any atom is -0.365 e. The predicted molar refractivity (Wildman–Crippen MR) is 116 cm³/mol. The molecular weight excluding hydrogens is 425 g/mol. The molecule has 5 nitrogen and oxygen atoms in total. The van der Waals surface area contributed by atoms with Gasteiger partial charge in [-0.1, -0.05) is 25.1 Å². The highest BCUT2D eigenvalue weighted by molar-refractivity contribution is 7.14. The minimum atomic E-state index is -4.43. The number of primary amides is 1. The van der Waals surface area contributed by atoms with Gasteiger partial charge in [0.15, 0.2) is 0 Å². The lowest BCUT2D eigenvalue weighted by Gasteiger charge is -2.20. The molecule has 0 saturated carbocycles. The molecule has 2 heterocycles. The van der Waals surface area contributed by atoms with Gasteiger partial charge in [-0.05, 0) is 49.1 Å². The summed E-state index contributed by atoms with van der Waals surface area (Å²) in [6.45, 7) is 4.07. The summed E-state index contributed by atoms with van der Waals surface area (Å²) in [5.74, 6) is -0.949. The Morgan fingerprint density at radius 3 is 2.55 bits per heavy atom. The van der Waals surface area contributed by atoms with Gasteiger partial charge in [-0.2, -0.15) is 18.3 Å². The van der Waals surface area contributed by atoms with E-state index in [1.54, 1.807) is 16.9 Å². The van der Waals surface area contributed by atoms with Crippen LogP contribution in [0, 0.1) is 6.92 Å². The Kier molecular flexibility index (Phi) is 6.56. The van der Waals surface area contributed by atoms with Crippen LogP contribution >= 0.6 is 11.3 Å². The van der Waals surface area contributed by atoms with E-state index in [9.17, 15) is 18.0 Å². The van der Waals surface area contributed by atoms with Crippen LogP contribution in [0.2, 0.25) is 0 Å². The van der Waals surface area contributed by atoms with E-state index in [1.165, 1.54) is 17.4 Å². The lowest BCUT2D eigenvalue weighted by molar-refractivity contribution is -0.137. The van der Waals surface area contributed by atoms with Crippen molar-refractivity contribution in [3.8, 4) is 11.3 Å². The van der Waals surface area contributed by atoms with Gasteiger partial charge in [0.25, 0.3) is 5.91 Å². The first-order valence-electron chi connectivity index (χ1n) is 9.88. The van der Waals surface area contributed by atoms with Crippen LogP contribution in [0.1, 0.15) is 49.6 Å². The number of hydrogen-bond donors (Lipinski definition) is 2. The second-order valence-corrected chi connectivity index (χ2v) is 8.60. The number of rotatable bonds is 7. The molecule has 166 valence electrons. The Morgan fingerprint density at radius 2 is 2.03 bits per heavy atom. The van der Waals surface area contributed by atoms with Gasteiger partial charge in [0, 0.05) is 23.4 Å². The third-order valence-electron chi connectivity index (χ3n) is 5.35. The van der Waals surface area contributed by atoms with E-state index in [4.69, 9.17) is 11.5 Å². The summed E-state index contributed by atoms with van der Waals surface area (Å²) in [7, 11) is 1.82.